The zero-order valence-electron chi connectivity index (χ0n) is 9.45. The monoisotopic (exact) mass is 283 g/mol. The first-order valence-electron chi connectivity index (χ1n) is 4.96. The maximum atomic E-state index is 12.5. The van der Waals surface area contributed by atoms with Gasteiger partial charge >= 0.3 is 6.18 Å². The SMILES string of the molecule is Cc1cc(C(F)(F)F)cc(S(=O)(=O)NCCO)c1. The second kappa shape index (κ2) is 5.25. The molecule has 8 heteroatoms. The number of alkyl halides is 3. The molecule has 0 heterocycles. The van der Waals surface area contributed by atoms with Gasteiger partial charge in [-0.05, 0) is 30.7 Å². The van der Waals surface area contributed by atoms with E-state index in [4.69, 9.17) is 5.11 Å². The van der Waals surface area contributed by atoms with E-state index in [9.17, 15) is 21.6 Å². The number of benzene rings is 1. The molecule has 0 unspecified atom stereocenters. The van der Waals surface area contributed by atoms with Gasteiger partial charge in [-0.15, -0.1) is 0 Å². The minimum Gasteiger partial charge on any atom is -0.395 e. The molecule has 0 fully saturated rings. The van der Waals surface area contributed by atoms with E-state index in [0.717, 1.165) is 12.1 Å². The van der Waals surface area contributed by atoms with Gasteiger partial charge in [-0.1, -0.05) is 0 Å². The van der Waals surface area contributed by atoms with Gasteiger partial charge in [0.15, 0.2) is 0 Å². The lowest BCUT2D eigenvalue weighted by Gasteiger charge is -2.11. The van der Waals surface area contributed by atoms with Gasteiger partial charge in [0.05, 0.1) is 17.1 Å². The number of sulfonamides is 1. The molecule has 1 aromatic rings. The quantitative estimate of drug-likeness (QED) is 0.875. The molecular formula is C10H12F3NO3S. The van der Waals surface area contributed by atoms with Crippen molar-refractivity contribution in [2.45, 2.75) is 18.0 Å². The summed E-state index contributed by atoms with van der Waals surface area (Å²) in [4.78, 5) is -0.469. The first-order chi connectivity index (χ1) is 8.16. The molecule has 0 amide bonds. The summed E-state index contributed by atoms with van der Waals surface area (Å²) in [6, 6.07) is 2.56. The Morgan fingerprint density at radius 3 is 2.39 bits per heavy atom. The highest BCUT2D eigenvalue weighted by Gasteiger charge is 2.32. The minimum atomic E-state index is -4.60. The number of halogens is 3. The highest BCUT2D eigenvalue weighted by atomic mass is 32.2. The average molecular weight is 283 g/mol. The van der Waals surface area contributed by atoms with E-state index in [1.54, 1.807) is 0 Å². The van der Waals surface area contributed by atoms with Crippen molar-refractivity contribution in [1.29, 1.82) is 0 Å². The van der Waals surface area contributed by atoms with Crippen LogP contribution in [0.4, 0.5) is 13.2 Å². The highest BCUT2D eigenvalue weighted by molar-refractivity contribution is 7.89. The maximum absolute atomic E-state index is 12.5. The third kappa shape index (κ3) is 3.69. The third-order valence-electron chi connectivity index (χ3n) is 2.09. The Morgan fingerprint density at radius 1 is 1.28 bits per heavy atom. The van der Waals surface area contributed by atoms with E-state index in [1.807, 2.05) is 4.72 Å². The van der Waals surface area contributed by atoms with Gasteiger partial charge in [-0.3, -0.25) is 0 Å². The number of aliphatic hydroxyl groups is 1. The van der Waals surface area contributed by atoms with E-state index in [0.29, 0.717) is 6.07 Å². The van der Waals surface area contributed by atoms with Crippen LogP contribution in [0.3, 0.4) is 0 Å². The molecule has 0 spiro atoms. The number of hydrogen-bond acceptors (Lipinski definition) is 3. The van der Waals surface area contributed by atoms with Crippen LogP contribution in [0.15, 0.2) is 23.1 Å². The highest BCUT2D eigenvalue weighted by Crippen LogP contribution is 2.31. The van der Waals surface area contributed by atoms with Crippen molar-refractivity contribution in [2.75, 3.05) is 13.2 Å². The molecule has 0 aliphatic carbocycles. The lowest BCUT2D eigenvalue weighted by molar-refractivity contribution is -0.137. The smallest absolute Gasteiger partial charge is 0.395 e. The van der Waals surface area contributed by atoms with Gasteiger partial charge < -0.3 is 5.11 Å². The summed E-state index contributed by atoms with van der Waals surface area (Å²) in [7, 11) is -4.04. The lowest BCUT2D eigenvalue weighted by atomic mass is 10.1. The number of rotatable bonds is 4. The Hall–Kier alpha value is -1.12. The van der Waals surface area contributed by atoms with E-state index < -0.39 is 33.3 Å². The molecule has 2 N–H and O–H groups in total. The predicted octanol–water partition coefficient (Wildman–Crippen LogP) is 1.28. The van der Waals surface area contributed by atoms with E-state index in [1.165, 1.54) is 6.92 Å². The van der Waals surface area contributed by atoms with Crippen LogP contribution in [0.1, 0.15) is 11.1 Å². The van der Waals surface area contributed by atoms with E-state index in [2.05, 4.69) is 0 Å². The topological polar surface area (TPSA) is 66.4 Å². The molecule has 1 aromatic carbocycles. The number of aliphatic hydroxyl groups excluding tert-OH is 1. The van der Waals surface area contributed by atoms with Crippen LogP contribution in [0.2, 0.25) is 0 Å². The van der Waals surface area contributed by atoms with E-state index >= 15 is 0 Å². The van der Waals surface area contributed by atoms with Crippen molar-refractivity contribution < 1.29 is 26.7 Å². The second-order valence-electron chi connectivity index (χ2n) is 3.65. The third-order valence-corrected chi connectivity index (χ3v) is 3.53. The zero-order valence-corrected chi connectivity index (χ0v) is 10.3. The second-order valence-corrected chi connectivity index (χ2v) is 5.42. The van der Waals surface area contributed by atoms with Crippen LogP contribution in [0.5, 0.6) is 0 Å². The molecule has 0 atom stereocenters. The van der Waals surface area contributed by atoms with Gasteiger partial charge in [-0.25, -0.2) is 13.1 Å². The first-order valence-corrected chi connectivity index (χ1v) is 6.44. The predicted molar refractivity (Wildman–Crippen MR) is 58.5 cm³/mol. The maximum Gasteiger partial charge on any atom is 0.416 e. The summed E-state index contributed by atoms with van der Waals surface area (Å²) >= 11 is 0. The molecule has 0 aliphatic rings. The lowest BCUT2D eigenvalue weighted by Crippen LogP contribution is -2.27. The summed E-state index contributed by atoms with van der Waals surface area (Å²) in [5.41, 5.74) is -0.832. The normalized spacial score (nSPS) is 12.7. The minimum absolute atomic E-state index is 0.189. The average Bonchev–Trinajstić information content (AvgIpc) is 2.24. The Balaban J connectivity index is 3.22. The fourth-order valence-corrected chi connectivity index (χ4v) is 2.48. The Kier molecular flexibility index (Phi) is 4.36. The van der Waals surface area contributed by atoms with Crippen LogP contribution in [-0.4, -0.2) is 26.7 Å². The zero-order chi connectivity index (χ0) is 14.0. The molecule has 102 valence electrons. The van der Waals surface area contributed by atoms with Crippen molar-refractivity contribution in [3.63, 3.8) is 0 Å². The van der Waals surface area contributed by atoms with Crippen molar-refractivity contribution in [2.24, 2.45) is 0 Å². The molecule has 0 saturated heterocycles. The van der Waals surface area contributed by atoms with Gasteiger partial charge in [0, 0.05) is 6.54 Å². The van der Waals surface area contributed by atoms with Gasteiger partial charge in [0.2, 0.25) is 10.0 Å². The number of aryl methyl sites for hydroxylation is 1. The van der Waals surface area contributed by atoms with Crippen molar-refractivity contribution >= 4 is 10.0 Å². The van der Waals surface area contributed by atoms with Crippen LogP contribution >= 0.6 is 0 Å². The van der Waals surface area contributed by atoms with Crippen LogP contribution in [0.25, 0.3) is 0 Å². The molecular weight excluding hydrogens is 271 g/mol. The summed E-state index contributed by atoms with van der Waals surface area (Å²) < 4.78 is 62.9. The molecule has 0 bridgehead atoms. The standard InChI is InChI=1S/C10H12F3NO3S/c1-7-4-8(10(11,12)13)6-9(5-7)18(16,17)14-2-3-15/h4-6,14-15H,2-3H2,1H3. The van der Waals surface area contributed by atoms with Gasteiger partial charge in [0.1, 0.15) is 0 Å². The largest absolute Gasteiger partial charge is 0.416 e. The van der Waals surface area contributed by atoms with Crippen LogP contribution in [0, 0.1) is 6.92 Å². The first kappa shape index (κ1) is 14.9. The molecule has 0 radical (unpaired) electrons. The summed E-state index contributed by atoms with van der Waals surface area (Å²) in [5, 5.41) is 8.51. The summed E-state index contributed by atoms with van der Waals surface area (Å²) in [6.45, 7) is 0.690. The van der Waals surface area contributed by atoms with Crippen LogP contribution < -0.4 is 4.72 Å². The molecule has 0 aliphatic heterocycles. The van der Waals surface area contributed by atoms with Crippen molar-refractivity contribution in [3.05, 3.63) is 29.3 Å². The summed E-state index contributed by atoms with van der Waals surface area (Å²) in [6.07, 6.45) is -4.60. The number of nitrogens with one attached hydrogen (secondary N) is 1. The van der Waals surface area contributed by atoms with Crippen molar-refractivity contribution in [3.8, 4) is 0 Å². The fraction of sp³-hybridized carbons (Fsp3) is 0.400. The molecule has 1 rings (SSSR count). The Bertz CT molecular complexity index is 526. The molecule has 0 aromatic heterocycles. The summed E-state index contributed by atoms with van der Waals surface area (Å²) in [5.74, 6) is 0. The van der Waals surface area contributed by atoms with Crippen LogP contribution in [-0.2, 0) is 16.2 Å². The van der Waals surface area contributed by atoms with Gasteiger partial charge in [0.25, 0.3) is 0 Å². The fourth-order valence-electron chi connectivity index (χ4n) is 1.33. The van der Waals surface area contributed by atoms with Crippen molar-refractivity contribution in [1.82, 2.24) is 4.72 Å². The molecule has 18 heavy (non-hydrogen) atoms. The van der Waals surface area contributed by atoms with E-state index in [-0.39, 0.29) is 12.1 Å². The van der Waals surface area contributed by atoms with Gasteiger partial charge in [-0.2, -0.15) is 13.2 Å². The molecule has 0 saturated carbocycles. The Labute approximate surface area is 102 Å². The molecule has 4 nitrogen and oxygen atoms in total. The Morgan fingerprint density at radius 2 is 1.89 bits per heavy atom. The number of hydrogen-bond donors (Lipinski definition) is 2.